The number of rotatable bonds is 9. The van der Waals surface area contributed by atoms with Crippen LogP contribution in [0.2, 0.25) is 0 Å². The van der Waals surface area contributed by atoms with Crippen molar-refractivity contribution in [2.24, 2.45) is 0 Å². The lowest BCUT2D eigenvalue weighted by atomic mass is 10.00. The van der Waals surface area contributed by atoms with Crippen LogP contribution in [-0.2, 0) is 26.1 Å². The second-order valence-corrected chi connectivity index (χ2v) is 8.54. The number of aliphatic hydroxyl groups excluding tert-OH is 1. The topological polar surface area (TPSA) is 64.6 Å². The van der Waals surface area contributed by atoms with E-state index in [-0.39, 0.29) is 6.61 Å². The number of aromatic nitrogens is 2. The van der Waals surface area contributed by atoms with Crippen molar-refractivity contribution in [3.05, 3.63) is 82.7 Å². The third-order valence-electron chi connectivity index (χ3n) is 5.71. The lowest BCUT2D eigenvalue weighted by Crippen LogP contribution is -2.38. The van der Waals surface area contributed by atoms with Gasteiger partial charge in [-0.1, -0.05) is 42.5 Å². The Morgan fingerprint density at radius 2 is 1.90 bits per heavy atom. The molecule has 4 rings (SSSR count). The van der Waals surface area contributed by atoms with Crippen LogP contribution in [0.15, 0.2) is 54.6 Å². The van der Waals surface area contributed by atoms with Gasteiger partial charge in [0.05, 0.1) is 5.69 Å². The zero-order chi connectivity index (χ0) is 21.6. The first kappa shape index (κ1) is 21.6. The van der Waals surface area contributed by atoms with Crippen molar-refractivity contribution >= 4 is 0 Å². The minimum Gasteiger partial charge on any atom is -0.491 e. The van der Waals surface area contributed by atoms with Crippen LogP contribution in [0.3, 0.4) is 0 Å². The predicted octanol–water partition coefficient (Wildman–Crippen LogP) is 3.15. The number of ether oxygens (including phenoxy) is 1. The van der Waals surface area contributed by atoms with Gasteiger partial charge in [-0.15, -0.1) is 0 Å². The average molecular weight is 421 g/mol. The van der Waals surface area contributed by atoms with E-state index in [1.165, 1.54) is 11.1 Å². The molecular formula is C25H32N4O2. The molecule has 1 aliphatic rings. The maximum Gasteiger partial charge on any atom is 0.123 e. The van der Waals surface area contributed by atoms with E-state index in [1.807, 2.05) is 25.1 Å². The third-order valence-corrected chi connectivity index (χ3v) is 5.71. The van der Waals surface area contributed by atoms with E-state index in [0.717, 1.165) is 55.3 Å². The second-order valence-electron chi connectivity index (χ2n) is 8.54. The smallest absolute Gasteiger partial charge is 0.123 e. The first-order valence-corrected chi connectivity index (χ1v) is 10.9. The van der Waals surface area contributed by atoms with Crippen molar-refractivity contribution in [1.29, 1.82) is 0 Å². The fourth-order valence-electron chi connectivity index (χ4n) is 4.20. The van der Waals surface area contributed by atoms with Crippen LogP contribution < -0.4 is 4.74 Å². The fourth-order valence-corrected chi connectivity index (χ4v) is 4.20. The number of nitrogens with zero attached hydrogens (tertiary/aromatic N) is 3. The molecule has 3 aromatic rings. The summed E-state index contributed by atoms with van der Waals surface area (Å²) in [5.41, 5.74) is 5.99. The van der Waals surface area contributed by atoms with Crippen LogP contribution in [0.25, 0.3) is 0 Å². The number of fused-ring (bicyclic) bond motifs is 1. The van der Waals surface area contributed by atoms with E-state index in [0.29, 0.717) is 6.54 Å². The third kappa shape index (κ3) is 5.94. The summed E-state index contributed by atoms with van der Waals surface area (Å²) < 4.78 is 6.04. The zero-order valence-electron chi connectivity index (χ0n) is 18.4. The van der Waals surface area contributed by atoms with E-state index in [4.69, 9.17) is 4.74 Å². The van der Waals surface area contributed by atoms with Gasteiger partial charge in [0.1, 0.15) is 18.5 Å². The highest BCUT2D eigenvalue weighted by molar-refractivity contribution is 5.33. The number of H-pyrrole nitrogens is 1. The number of para-hydroxylation sites is 1. The monoisotopic (exact) mass is 420 g/mol. The maximum atomic E-state index is 10.6. The minimum absolute atomic E-state index is 0.289. The number of β-amino-alcohol motifs (C(OH)–C–C–N with tert-alkyl or cyclic N) is 1. The highest BCUT2D eigenvalue weighted by atomic mass is 16.5. The molecule has 1 atom stereocenters. The van der Waals surface area contributed by atoms with Crippen LogP contribution in [0.1, 0.15) is 28.1 Å². The molecule has 0 bridgehead atoms. The van der Waals surface area contributed by atoms with Gasteiger partial charge in [0.2, 0.25) is 0 Å². The maximum absolute atomic E-state index is 10.6. The van der Waals surface area contributed by atoms with E-state index in [2.05, 4.69) is 63.4 Å². The van der Waals surface area contributed by atoms with Gasteiger partial charge in [-0.2, -0.15) is 5.10 Å². The Kier molecular flexibility index (Phi) is 7.02. The summed E-state index contributed by atoms with van der Waals surface area (Å²) in [6.45, 7) is 6.29. The summed E-state index contributed by atoms with van der Waals surface area (Å²) in [6.07, 6.45) is 0.511. The Labute approximate surface area is 184 Å². The molecule has 0 unspecified atom stereocenters. The number of hydrogen-bond donors (Lipinski definition) is 2. The number of nitrogens with one attached hydrogen (secondary N) is 1. The standard InChI is InChI=1S/C25H32N4O2/c1-19-13-23(27-26-19)16-28(2)14-22-9-5-6-10-25(22)31-18-24(30)17-29-12-11-20-7-3-4-8-21(20)15-29/h3-10,13,24,30H,11-12,14-18H2,1-2H3,(H,26,27)/t24-/m1/s1. The van der Waals surface area contributed by atoms with Gasteiger partial charge in [0.15, 0.2) is 0 Å². The summed E-state index contributed by atoms with van der Waals surface area (Å²) in [6, 6.07) is 18.7. The van der Waals surface area contributed by atoms with Crippen LogP contribution in [0.4, 0.5) is 0 Å². The van der Waals surface area contributed by atoms with Gasteiger partial charge in [-0.25, -0.2) is 0 Å². The summed E-state index contributed by atoms with van der Waals surface area (Å²) in [5.74, 6) is 0.829. The van der Waals surface area contributed by atoms with Gasteiger partial charge in [-0.05, 0) is 43.7 Å². The van der Waals surface area contributed by atoms with Crippen LogP contribution in [-0.4, -0.2) is 58.0 Å². The molecule has 0 fully saturated rings. The Morgan fingerprint density at radius 3 is 2.71 bits per heavy atom. The van der Waals surface area contributed by atoms with E-state index in [9.17, 15) is 5.11 Å². The molecule has 0 radical (unpaired) electrons. The molecular weight excluding hydrogens is 388 g/mol. The van der Waals surface area contributed by atoms with E-state index in [1.54, 1.807) is 0 Å². The predicted molar refractivity (Wildman–Crippen MR) is 122 cm³/mol. The molecule has 164 valence electrons. The second kappa shape index (κ2) is 10.1. The van der Waals surface area contributed by atoms with Gasteiger partial charge in [-0.3, -0.25) is 14.9 Å². The molecule has 0 spiro atoms. The molecule has 2 N–H and O–H groups in total. The molecule has 2 heterocycles. The molecule has 6 nitrogen and oxygen atoms in total. The Bertz CT molecular complexity index is 987. The van der Waals surface area contributed by atoms with Gasteiger partial charge >= 0.3 is 0 Å². The molecule has 1 aliphatic heterocycles. The Morgan fingerprint density at radius 1 is 1.13 bits per heavy atom. The molecule has 1 aromatic heterocycles. The normalized spacial score (nSPS) is 15.1. The minimum atomic E-state index is -0.525. The van der Waals surface area contributed by atoms with E-state index < -0.39 is 6.10 Å². The van der Waals surface area contributed by atoms with Crippen molar-refractivity contribution < 1.29 is 9.84 Å². The average Bonchev–Trinajstić information content (AvgIpc) is 3.17. The Balaban J connectivity index is 1.28. The SMILES string of the molecule is Cc1cc(CN(C)Cc2ccccc2OC[C@H](O)CN2CCc3ccccc3C2)n[nH]1. The van der Waals surface area contributed by atoms with Crippen LogP contribution in [0.5, 0.6) is 5.75 Å². The van der Waals surface area contributed by atoms with Crippen molar-refractivity contribution in [1.82, 2.24) is 20.0 Å². The number of aryl methyl sites for hydroxylation is 1. The molecule has 0 amide bonds. The number of aliphatic hydroxyl groups is 1. The van der Waals surface area contributed by atoms with E-state index >= 15 is 0 Å². The summed E-state index contributed by atoms with van der Waals surface area (Å²) in [4.78, 5) is 4.52. The largest absolute Gasteiger partial charge is 0.491 e. The Hall–Kier alpha value is -2.67. The molecule has 0 aliphatic carbocycles. The molecule has 31 heavy (non-hydrogen) atoms. The zero-order valence-corrected chi connectivity index (χ0v) is 18.4. The first-order chi connectivity index (χ1) is 15.1. The van der Waals surface area contributed by atoms with Gasteiger partial charge in [0.25, 0.3) is 0 Å². The summed E-state index contributed by atoms with van der Waals surface area (Å²) >= 11 is 0. The summed E-state index contributed by atoms with van der Waals surface area (Å²) in [7, 11) is 2.07. The van der Waals surface area contributed by atoms with Crippen molar-refractivity contribution in [2.75, 3.05) is 26.7 Å². The van der Waals surface area contributed by atoms with Crippen molar-refractivity contribution in [3.63, 3.8) is 0 Å². The molecule has 2 aromatic carbocycles. The van der Waals surface area contributed by atoms with Crippen LogP contribution >= 0.6 is 0 Å². The quantitative estimate of drug-likeness (QED) is 0.557. The molecule has 0 saturated heterocycles. The highest BCUT2D eigenvalue weighted by Gasteiger charge is 2.19. The molecule has 0 saturated carbocycles. The lowest BCUT2D eigenvalue weighted by molar-refractivity contribution is 0.0632. The lowest BCUT2D eigenvalue weighted by Gasteiger charge is -2.30. The number of hydrogen-bond acceptors (Lipinski definition) is 5. The first-order valence-electron chi connectivity index (χ1n) is 10.9. The number of benzene rings is 2. The van der Waals surface area contributed by atoms with Gasteiger partial charge < -0.3 is 9.84 Å². The fraction of sp³-hybridized carbons (Fsp3) is 0.400. The van der Waals surface area contributed by atoms with Crippen molar-refractivity contribution in [3.8, 4) is 5.75 Å². The molecule has 6 heteroatoms. The number of aromatic amines is 1. The summed E-state index contributed by atoms with van der Waals surface area (Å²) in [5, 5.41) is 17.9. The highest BCUT2D eigenvalue weighted by Crippen LogP contribution is 2.21. The van der Waals surface area contributed by atoms with Crippen LogP contribution in [0, 0.1) is 6.92 Å². The van der Waals surface area contributed by atoms with Gasteiger partial charge in [0, 0.05) is 44.0 Å². The van der Waals surface area contributed by atoms with Crippen molar-refractivity contribution in [2.45, 2.75) is 39.1 Å².